The first-order valence-electron chi connectivity index (χ1n) is 5.36. The Hall–Kier alpha value is -1.33. The SMILES string of the molecule is CCC(C#N)C(O)(CC)c1ccccc1. The molecule has 0 aromatic heterocycles. The Morgan fingerprint density at radius 3 is 2.33 bits per heavy atom. The zero-order chi connectivity index (χ0) is 11.3. The van der Waals surface area contributed by atoms with Crippen molar-refractivity contribution in [1.82, 2.24) is 0 Å². The van der Waals surface area contributed by atoms with E-state index >= 15 is 0 Å². The minimum atomic E-state index is -1.01. The summed E-state index contributed by atoms with van der Waals surface area (Å²) in [5.41, 5.74) is -0.175. The molecule has 1 aromatic rings. The van der Waals surface area contributed by atoms with Gasteiger partial charge in [0.05, 0.1) is 12.0 Å². The van der Waals surface area contributed by atoms with Gasteiger partial charge in [-0.05, 0) is 18.4 Å². The largest absolute Gasteiger partial charge is 0.384 e. The normalized spacial score (nSPS) is 16.4. The molecule has 2 heteroatoms. The number of nitriles is 1. The fourth-order valence-electron chi connectivity index (χ4n) is 1.91. The van der Waals surface area contributed by atoms with Crippen LogP contribution in [0.2, 0.25) is 0 Å². The van der Waals surface area contributed by atoms with Crippen LogP contribution >= 0.6 is 0 Å². The Labute approximate surface area is 91.2 Å². The molecule has 0 bridgehead atoms. The lowest BCUT2D eigenvalue weighted by Gasteiger charge is -2.31. The smallest absolute Gasteiger partial charge is 0.105 e. The fraction of sp³-hybridized carbons (Fsp3) is 0.462. The molecule has 0 saturated carbocycles. The van der Waals surface area contributed by atoms with Gasteiger partial charge in [0.2, 0.25) is 0 Å². The van der Waals surface area contributed by atoms with Gasteiger partial charge in [0.15, 0.2) is 0 Å². The van der Waals surface area contributed by atoms with Crippen LogP contribution in [0.3, 0.4) is 0 Å². The molecule has 0 amide bonds. The van der Waals surface area contributed by atoms with E-state index in [2.05, 4.69) is 6.07 Å². The second kappa shape index (κ2) is 4.95. The van der Waals surface area contributed by atoms with E-state index in [9.17, 15) is 5.11 Å². The molecule has 1 rings (SSSR count). The topological polar surface area (TPSA) is 44.0 Å². The number of benzene rings is 1. The molecular weight excluding hydrogens is 186 g/mol. The highest BCUT2D eigenvalue weighted by molar-refractivity contribution is 5.25. The lowest BCUT2D eigenvalue weighted by molar-refractivity contribution is -0.00809. The van der Waals surface area contributed by atoms with Crippen molar-refractivity contribution in [2.24, 2.45) is 5.92 Å². The third kappa shape index (κ3) is 2.19. The Morgan fingerprint density at radius 2 is 1.93 bits per heavy atom. The lowest BCUT2D eigenvalue weighted by atomic mass is 9.79. The van der Waals surface area contributed by atoms with E-state index in [-0.39, 0.29) is 5.92 Å². The third-order valence-electron chi connectivity index (χ3n) is 2.95. The molecule has 1 N–H and O–H groups in total. The predicted octanol–water partition coefficient (Wildman–Crippen LogP) is 2.83. The first-order valence-corrected chi connectivity index (χ1v) is 5.36. The van der Waals surface area contributed by atoms with Gasteiger partial charge in [-0.2, -0.15) is 5.26 Å². The maximum Gasteiger partial charge on any atom is 0.105 e. The van der Waals surface area contributed by atoms with E-state index in [0.717, 1.165) is 5.56 Å². The molecule has 0 spiro atoms. The zero-order valence-corrected chi connectivity index (χ0v) is 9.27. The Bertz CT molecular complexity index is 341. The highest BCUT2D eigenvalue weighted by Gasteiger charge is 2.35. The molecule has 0 fully saturated rings. The van der Waals surface area contributed by atoms with Crippen LogP contribution in [0.4, 0.5) is 0 Å². The number of hydrogen-bond donors (Lipinski definition) is 1. The van der Waals surface area contributed by atoms with E-state index in [1.54, 1.807) is 0 Å². The van der Waals surface area contributed by atoms with Crippen molar-refractivity contribution in [2.45, 2.75) is 32.3 Å². The average molecular weight is 203 g/mol. The van der Waals surface area contributed by atoms with Crippen LogP contribution < -0.4 is 0 Å². The van der Waals surface area contributed by atoms with Crippen molar-refractivity contribution in [3.63, 3.8) is 0 Å². The summed E-state index contributed by atoms with van der Waals surface area (Å²) in [5.74, 6) is -0.343. The van der Waals surface area contributed by atoms with Crippen molar-refractivity contribution in [3.05, 3.63) is 35.9 Å². The van der Waals surface area contributed by atoms with E-state index in [1.807, 2.05) is 44.2 Å². The third-order valence-corrected chi connectivity index (χ3v) is 2.95. The quantitative estimate of drug-likeness (QED) is 0.817. The number of rotatable bonds is 4. The molecule has 0 heterocycles. The van der Waals surface area contributed by atoms with Gasteiger partial charge in [0, 0.05) is 0 Å². The molecule has 0 aliphatic carbocycles. The molecule has 15 heavy (non-hydrogen) atoms. The second-order valence-corrected chi connectivity index (χ2v) is 3.73. The van der Waals surface area contributed by atoms with Crippen molar-refractivity contribution in [3.8, 4) is 6.07 Å². The van der Waals surface area contributed by atoms with Gasteiger partial charge in [-0.1, -0.05) is 44.2 Å². The van der Waals surface area contributed by atoms with Crippen LogP contribution in [-0.4, -0.2) is 5.11 Å². The number of aliphatic hydroxyl groups is 1. The van der Waals surface area contributed by atoms with Crippen LogP contribution in [0, 0.1) is 17.2 Å². The van der Waals surface area contributed by atoms with Gasteiger partial charge in [0.25, 0.3) is 0 Å². The van der Waals surface area contributed by atoms with Crippen LogP contribution in [0.15, 0.2) is 30.3 Å². The maximum atomic E-state index is 10.5. The van der Waals surface area contributed by atoms with Gasteiger partial charge < -0.3 is 5.11 Å². The molecule has 0 aliphatic rings. The zero-order valence-electron chi connectivity index (χ0n) is 9.27. The Kier molecular flexibility index (Phi) is 3.88. The van der Waals surface area contributed by atoms with Gasteiger partial charge in [-0.25, -0.2) is 0 Å². The van der Waals surface area contributed by atoms with Gasteiger partial charge >= 0.3 is 0 Å². The lowest BCUT2D eigenvalue weighted by Crippen LogP contribution is -2.33. The van der Waals surface area contributed by atoms with Crippen LogP contribution in [0.1, 0.15) is 32.3 Å². The molecule has 2 atom stereocenters. The highest BCUT2D eigenvalue weighted by atomic mass is 16.3. The summed E-state index contributed by atoms with van der Waals surface area (Å²) in [6.07, 6.45) is 1.22. The minimum absolute atomic E-state index is 0.343. The summed E-state index contributed by atoms with van der Waals surface area (Å²) < 4.78 is 0. The average Bonchev–Trinajstić information content (AvgIpc) is 2.31. The highest BCUT2D eigenvalue weighted by Crippen LogP contribution is 2.34. The second-order valence-electron chi connectivity index (χ2n) is 3.73. The molecule has 0 saturated heterocycles. The molecular formula is C13H17NO. The minimum Gasteiger partial charge on any atom is -0.384 e. The molecule has 80 valence electrons. The Morgan fingerprint density at radius 1 is 1.33 bits per heavy atom. The van der Waals surface area contributed by atoms with Gasteiger partial charge in [0.1, 0.15) is 5.60 Å². The molecule has 2 unspecified atom stereocenters. The summed E-state index contributed by atoms with van der Waals surface area (Å²) in [6, 6.07) is 11.6. The number of nitrogens with zero attached hydrogens (tertiary/aromatic N) is 1. The summed E-state index contributed by atoms with van der Waals surface area (Å²) in [7, 11) is 0. The Balaban J connectivity index is 3.11. The summed E-state index contributed by atoms with van der Waals surface area (Å²) in [5, 5.41) is 19.6. The molecule has 1 aromatic carbocycles. The first kappa shape index (κ1) is 11.7. The summed E-state index contributed by atoms with van der Waals surface area (Å²) >= 11 is 0. The monoisotopic (exact) mass is 203 g/mol. The standard InChI is InChI=1S/C13H17NO/c1-3-11(10-14)13(15,4-2)12-8-6-5-7-9-12/h5-9,11,15H,3-4H2,1-2H3. The first-order chi connectivity index (χ1) is 7.19. The van der Waals surface area contributed by atoms with Gasteiger partial charge in [-0.15, -0.1) is 0 Å². The molecule has 0 radical (unpaired) electrons. The number of hydrogen-bond acceptors (Lipinski definition) is 2. The molecule has 0 aliphatic heterocycles. The van der Waals surface area contributed by atoms with E-state index in [4.69, 9.17) is 5.26 Å². The van der Waals surface area contributed by atoms with Crippen LogP contribution in [0.25, 0.3) is 0 Å². The van der Waals surface area contributed by atoms with Crippen molar-refractivity contribution in [1.29, 1.82) is 5.26 Å². The van der Waals surface area contributed by atoms with E-state index in [0.29, 0.717) is 12.8 Å². The van der Waals surface area contributed by atoms with Gasteiger partial charge in [-0.3, -0.25) is 0 Å². The van der Waals surface area contributed by atoms with Crippen molar-refractivity contribution < 1.29 is 5.11 Å². The predicted molar refractivity (Wildman–Crippen MR) is 60.0 cm³/mol. The van der Waals surface area contributed by atoms with E-state index < -0.39 is 5.60 Å². The summed E-state index contributed by atoms with van der Waals surface area (Å²) in [4.78, 5) is 0. The maximum absolute atomic E-state index is 10.5. The van der Waals surface area contributed by atoms with Crippen molar-refractivity contribution in [2.75, 3.05) is 0 Å². The van der Waals surface area contributed by atoms with Crippen LogP contribution in [-0.2, 0) is 5.60 Å². The van der Waals surface area contributed by atoms with Crippen LogP contribution in [0.5, 0.6) is 0 Å². The van der Waals surface area contributed by atoms with E-state index in [1.165, 1.54) is 0 Å². The fourth-order valence-corrected chi connectivity index (χ4v) is 1.91. The molecule has 2 nitrogen and oxygen atoms in total. The summed E-state index contributed by atoms with van der Waals surface area (Å²) in [6.45, 7) is 3.84. The van der Waals surface area contributed by atoms with Crippen molar-refractivity contribution >= 4 is 0 Å².